The molecule has 1 aliphatic rings. The Morgan fingerprint density at radius 2 is 1.73 bits per heavy atom. The van der Waals surface area contributed by atoms with Crippen molar-refractivity contribution in [3.05, 3.63) is 35.4 Å². The quantitative estimate of drug-likeness (QED) is 0.796. The Kier molecular flexibility index (Phi) is 7.48. The Balaban J connectivity index is 1.76. The van der Waals surface area contributed by atoms with E-state index in [1.54, 1.807) is 0 Å². The average Bonchev–Trinajstić information content (AvgIpc) is 2.55. The summed E-state index contributed by atoms with van der Waals surface area (Å²) in [5, 5.41) is 2.87. The highest BCUT2D eigenvalue weighted by Gasteiger charge is 2.30. The molecule has 1 aromatic rings. The molecular formula is C19H24F3NO3. The normalized spacial score (nSPS) is 16.4. The van der Waals surface area contributed by atoms with Gasteiger partial charge < -0.3 is 10.1 Å². The summed E-state index contributed by atoms with van der Waals surface area (Å²) in [5.41, 5.74) is -0.616. The summed E-state index contributed by atoms with van der Waals surface area (Å²) in [6, 6.07) is 4.62. The molecule has 26 heavy (non-hydrogen) atoms. The summed E-state index contributed by atoms with van der Waals surface area (Å²) in [5.74, 6) is -1.09. The Hall–Kier alpha value is -2.05. The third-order valence-corrected chi connectivity index (χ3v) is 4.44. The second-order valence-electron chi connectivity index (χ2n) is 6.65. The van der Waals surface area contributed by atoms with Gasteiger partial charge in [0.2, 0.25) is 0 Å². The van der Waals surface area contributed by atoms with Gasteiger partial charge in [-0.2, -0.15) is 13.2 Å². The number of ether oxygens (including phenoxy) is 1. The molecule has 0 unspecified atom stereocenters. The van der Waals surface area contributed by atoms with Gasteiger partial charge in [0.1, 0.15) is 0 Å². The molecular weight excluding hydrogens is 347 g/mol. The van der Waals surface area contributed by atoms with E-state index in [4.69, 9.17) is 4.74 Å². The van der Waals surface area contributed by atoms with Crippen LogP contribution in [0.15, 0.2) is 24.3 Å². The van der Waals surface area contributed by atoms with Crippen molar-refractivity contribution in [3.8, 4) is 0 Å². The zero-order chi connectivity index (χ0) is 19.0. The van der Waals surface area contributed by atoms with E-state index in [2.05, 4.69) is 5.32 Å². The molecule has 0 spiro atoms. The molecule has 0 aromatic heterocycles. The summed E-state index contributed by atoms with van der Waals surface area (Å²) in [4.78, 5) is 23.7. The van der Waals surface area contributed by atoms with Crippen molar-refractivity contribution in [2.24, 2.45) is 0 Å². The summed E-state index contributed by atoms with van der Waals surface area (Å²) in [7, 11) is 0. The standard InChI is InChI=1S/C19H24F3NO3/c20-19(21,22)15-8-6-7-14(11-15)12-18(25)26-13-17(24)23-16-9-4-2-1-3-5-10-16/h6-8,11,16H,1-5,9-10,12-13H2,(H,23,24). The highest BCUT2D eigenvalue weighted by Crippen LogP contribution is 2.29. The van der Waals surface area contributed by atoms with Gasteiger partial charge in [-0.15, -0.1) is 0 Å². The maximum atomic E-state index is 12.7. The lowest BCUT2D eigenvalue weighted by atomic mass is 9.97. The van der Waals surface area contributed by atoms with Gasteiger partial charge in [0, 0.05) is 6.04 Å². The summed E-state index contributed by atoms with van der Waals surface area (Å²) < 4.78 is 42.9. The number of hydrogen-bond donors (Lipinski definition) is 1. The lowest BCUT2D eigenvalue weighted by Crippen LogP contribution is -2.38. The smallest absolute Gasteiger partial charge is 0.416 e. The first kappa shape index (κ1) is 20.3. The molecule has 0 heterocycles. The van der Waals surface area contributed by atoms with Gasteiger partial charge in [0.25, 0.3) is 5.91 Å². The number of amides is 1. The molecule has 0 saturated heterocycles. The van der Waals surface area contributed by atoms with Crippen LogP contribution in [0.5, 0.6) is 0 Å². The van der Waals surface area contributed by atoms with Crippen LogP contribution < -0.4 is 5.32 Å². The first-order valence-corrected chi connectivity index (χ1v) is 8.96. The molecule has 0 bridgehead atoms. The molecule has 1 fully saturated rings. The Morgan fingerprint density at radius 1 is 1.08 bits per heavy atom. The van der Waals surface area contributed by atoms with Crippen molar-refractivity contribution in [3.63, 3.8) is 0 Å². The zero-order valence-electron chi connectivity index (χ0n) is 14.6. The monoisotopic (exact) mass is 371 g/mol. The van der Waals surface area contributed by atoms with Gasteiger partial charge in [-0.05, 0) is 24.5 Å². The van der Waals surface area contributed by atoms with Crippen LogP contribution in [0, 0.1) is 0 Å². The minimum absolute atomic E-state index is 0.102. The average molecular weight is 371 g/mol. The largest absolute Gasteiger partial charge is 0.455 e. The maximum absolute atomic E-state index is 12.7. The second kappa shape index (κ2) is 9.59. The van der Waals surface area contributed by atoms with Gasteiger partial charge in [0.05, 0.1) is 12.0 Å². The first-order chi connectivity index (χ1) is 12.3. The van der Waals surface area contributed by atoms with E-state index in [0.717, 1.165) is 37.8 Å². The van der Waals surface area contributed by atoms with Gasteiger partial charge in [-0.25, -0.2) is 0 Å². The van der Waals surface area contributed by atoms with E-state index in [1.807, 2.05) is 0 Å². The number of esters is 1. The Morgan fingerprint density at radius 3 is 2.38 bits per heavy atom. The first-order valence-electron chi connectivity index (χ1n) is 8.96. The van der Waals surface area contributed by atoms with E-state index in [0.29, 0.717) is 0 Å². The Bertz CT molecular complexity index is 608. The minimum Gasteiger partial charge on any atom is -0.455 e. The molecule has 0 radical (unpaired) electrons. The molecule has 1 aliphatic carbocycles. The number of nitrogens with one attached hydrogen (secondary N) is 1. The van der Waals surface area contributed by atoms with Crippen molar-refractivity contribution in [2.45, 2.75) is 63.6 Å². The van der Waals surface area contributed by atoms with Crippen LogP contribution in [0.4, 0.5) is 13.2 Å². The predicted molar refractivity (Wildman–Crippen MR) is 90.4 cm³/mol. The molecule has 144 valence electrons. The number of carbonyl (C=O) groups is 2. The highest BCUT2D eigenvalue weighted by atomic mass is 19.4. The van der Waals surface area contributed by atoms with Crippen LogP contribution in [0.25, 0.3) is 0 Å². The minimum atomic E-state index is -4.46. The molecule has 1 aromatic carbocycles. The van der Waals surface area contributed by atoms with E-state index in [1.165, 1.54) is 31.4 Å². The van der Waals surface area contributed by atoms with E-state index >= 15 is 0 Å². The van der Waals surface area contributed by atoms with E-state index < -0.39 is 24.3 Å². The summed E-state index contributed by atoms with van der Waals surface area (Å²) in [6.45, 7) is -0.408. The topological polar surface area (TPSA) is 55.4 Å². The SMILES string of the molecule is O=C(COC(=O)Cc1cccc(C(F)(F)F)c1)NC1CCCCCCC1. The molecule has 4 nitrogen and oxygen atoms in total. The predicted octanol–water partition coefficient (Wildman–Crippen LogP) is 4.02. The maximum Gasteiger partial charge on any atom is 0.416 e. The molecule has 0 aliphatic heterocycles. The van der Waals surface area contributed by atoms with Crippen LogP contribution >= 0.6 is 0 Å². The molecule has 7 heteroatoms. The van der Waals surface area contributed by atoms with Gasteiger partial charge in [0.15, 0.2) is 6.61 Å². The molecule has 2 rings (SSSR count). The van der Waals surface area contributed by atoms with Gasteiger partial charge in [-0.3, -0.25) is 9.59 Å². The van der Waals surface area contributed by atoms with Crippen molar-refractivity contribution >= 4 is 11.9 Å². The van der Waals surface area contributed by atoms with Crippen LogP contribution in [0.2, 0.25) is 0 Å². The fourth-order valence-electron chi connectivity index (χ4n) is 3.09. The third-order valence-electron chi connectivity index (χ3n) is 4.44. The zero-order valence-corrected chi connectivity index (χ0v) is 14.6. The lowest BCUT2D eigenvalue weighted by molar-refractivity contribution is -0.148. The molecule has 1 N–H and O–H groups in total. The summed E-state index contributed by atoms with van der Waals surface area (Å²) in [6.07, 6.45) is 2.77. The lowest BCUT2D eigenvalue weighted by Gasteiger charge is -2.20. The molecule has 0 atom stereocenters. The van der Waals surface area contributed by atoms with Crippen molar-refractivity contribution < 1.29 is 27.5 Å². The van der Waals surface area contributed by atoms with Gasteiger partial charge >= 0.3 is 12.1 Å². The second-order valence-corrected chi connectivity index (χ2v) is 6.65. The molecule has 1 amide bonds. The van der Waals surface area contributed by atoms with Crippen LogP contribution in [0.3, 0.4) is 0 Å². The summed E-state index contributed by atoms with van der Waals surface area (Å²) >= 11 is 0. The van der Waals surface area contributed by atoms with Crippen molar-refractivity contribution in [1.29, 1.82) is 0 Å². The number of rotatable bonds is 5. The number of alkyl halides is 3. The third kappa shape index (κ3) is 7.06. The molecule has 1 saturated carbocycles. The Labute approximate surface area is 151 Å². The van der Waals surface area contributed by atoms with Crippen LogP contribution in [0.1, 0.15) is 56.1 Å². The fourth-order valence-corrected chi connectivity index (χ4v) is 3.09. The van der Waals surface area contributed by atoms with Gasteiger partial charge in [-0.1, -0.05) is 50.3 Å². The van der Waals surface area contributed by atoms with Crippen LogP contribution in [-0.4, -0.2) is 24.5 Å². The number of halogens is 3. The van der Waals surface area contributed by atoms with E-state index in [9.17, 15) is 22.8 Å². The van der Waals surface area contributed by atoms with Crippen LogP contribution in [-0.2, 0) is 26.9 Å². The van der Waals surface area contributed by atoms with E-state index in [-0.39, 0.29) is 23.9 Å². The number of benzene rings is 1. The van der Waals surface area contributed by atoms with Crippen molar-refractivity contribution in [2.75, 3.05) is 6.61 Å². The number of hydrogen-bond acceptors (Lipinski definition) is 3. The number of carbonyl (C=O) groups excluding carboxylic acids is 2. The fraction of sp³-hybridized carbons (Fsp3) is 0.579. The highest BCUT2D eigenvalue weighted by molar-refractivity contribution is 5.81. The van der Waals surface area contributed by atoms with Crippen molar-refractivity contribution in [1.82, 2.24) is 5.32 Å².